The molecular weight excluding hydrogens is 421 g/mol. The van der Waals surface area contributed by atoms with Gasteiger partial charge in [0, 0.05) is 11.4 Å². The largest absolute Gasteiger partial charge is 0.436 e. The number of carbonyl (C=O) groups is 1. The van der Waals surface area contributed by atoms with Crippen LogP contribution in [0.5, 0.6) is 0 Å². The van der Waals surface area contributed by atoms with E-state index in [1.165, 1.54) is 18.7 Å². The lowest BCUT2D eigenvalue weighted by Crippen LogP contribution is -2.13. The van der Waals surface area contributed by atoms with Gasteiger partial charge in [-0.1, -0.05) is 23.7 Å². The Balaban J connectivity index is 1.44. The van der Waals surface area contributed by atoms with Crippen molar-refractivity contribution in [2.45, 2.75) is 0 Å². The summed E-state index contributed by atoms with van der Waals surface area (Å²) in [7, 11) is 0. The van der Waals surface area contributed by atoms with Crippen molar-refractivity contribution in [1.29, 1.82) is 0 Å². The normalized spacial score (nSPS) is 11.0. The van der Waals surface area contributed by atoms with Gasteiger partial charge in [-0.3, -0.25) is 9.36 Å². The molecule has 0 saturated carbocycles. The zero-order valence-electron chi connectivity index (χ0n) is 15.8. The van der Waals surface area contributed by atoms with Crippen molar-refractivity contribution in [2.24, 2.45) is 0 Å². The highest BCUT2D eigenvalue weighted by molar-refractivity contribution is 6.34. The molecule has 0 atom stereocenters. The topological polar surface area (TPSA) is 85.8 Å². The summed E-state index contributed by atoms with van der Waals surface area (Å²) in [6.45, 7) is 0. The summed E-state index contributed by atoms with van der Waals surface area (Å²) in [5.41, 5.74) is 2.71. The van der Waals surface area contributed by atoms with E-state index < -0.39 is 11.7 Å². The molecular formula is C22H13ClFN5O2. The smallest absolute Gasteiger partial charge is 0.257 e. The Morgan fingerprint density at radius 3 is 2.65 bits per heavy atom. The van der Waals surface area contributed by atoms with Crippen molar-refractivity contribution in [3.05, 3.63) is 89.7 Å². The van der Waals surface area contributed by atoms with Gasteiger partial charge in [-0.25, -0.2) is 9.37 Å². The Morgan fingerprint density at radius 2 is 1.84 bits per heavy atom. The number of hydrogen-bond donors (Lipinski definition) is 1. The van der Waals surface area contributed by atoms with Gasteiger partial charge in [0.05, 0.1) is 16.1 Å². The van der Waals surface area contributed by atoms with Crippen LogP contribution in [-0.4, -0.2) is 25.7 Å². The fourth-order valence-electron chi connectivity index (χ4n) is 3.14. The molecule has 5 rings (SSSR count). The van der Waals surface area contributed by atoms with Crippen molar-refractivity contribution in [3.63, 3.8) is 0 Å². The molecule has 0 unspecified atom stereocenters. The average Bonchev–Trinajstić information content (AvgIpc) is 3.44. The van der Waals surface area contributed by atoms with Gasteiger partial charge < -0.3 is 9.73 Å². The maximum atomic E-state index is 14.0. The third-order valence-corrected chi connectivity index (χ3v) is 4.99. The molecule has 1 N–H and O–H groups in total. The predicted octanol–water partition coefficient (Wildman–Crippen LogP) is 5.12. The first-order valence-electron chi connectivity index (χ1n) is 9.20. The molecule has 0 radical (unpaired) electrons. The van der Waals surface area contributed by atoms with Crippen LogP contribution in [0.3, 0.4) is 0 Å². The average molecular weight is 434 g/mol. The molecule has 0 aliphatic carbocycles. The number of fused-ring (bicyclic) bond motifs is 1. The Morgan fingerprint density at radius 1 is 1.03 bits per heavy atom. The first-order chi connectivity index (χ1) is 15.1. The number of benzene rings is 3. The Kier molecular flexibility index (Phi) is 4.68. The van der Waals surface area contributed by atoms with Crippen molar-refractivity contribution in [1.82, 2.24) is 19.7 Å². The van der Waals surface area contributed by atoms with Crippen LogP contribution in [-0.2, 0) is 0 Å². The first kappa shape index (κ1) is 19.0. The Hall–Kier alpha value is -4.04. The number of amides is 1. The van der Waals surface area contributed by atoms with Gasteiger partial charge in [-0.15, -0.1) is 10.2 Å². The molecule has 5 aromatic rings. The van der Waals surface area contributed by atoms with Crippen LogP contribution < -0.4 is 5.32 Å². The number of hydrogen-bond acceptors (Lipinski definition) is 5. The van der Waals surface area contributed by atoms with Crippen molar-refractivity contribution < 1.29 is 13.6 Å². The van der Waals surface area contributed by atoms with Crippen LogP contribution in [0.15, 0.2) is 77.7 Å². The molecule has 0 aliphatic heterocycles. The zero-order chi connectivity index (χ0) is 21.4. The van der Waals surface area contributed by atoms with Gasteiger partial charge in [0.2, 0.25) is 5.89 Å². The van der Waals surface area contributed by atoms with Gasteiger partial charge in [0.15, 0.2) is 5.58 Å². The first-order valence-corrected chi connectivity index (χ1v) is 9.58. The van der Waals surface area contributed by atoms with E-state index in [9.17, 15) is 9.18 Å². The van der Waals surface area contributed by atoms with E-state index in [0.29, 0.717) is 33.1 Å². The third-order valence-electron chi connectivity index (χ3n) is 4.66. The van der Waals surface area contributed by atoms with E-state index in [1.54, 1.807) is 59.2 Å². The van der Waals surface area contributed by atoms with Crippen molar-refractivity contribution in [3.8, 4) is 17.1 Å². The van der Waals surface area contributed by atoms with Crippen molar-refractivity contribution >= 4 is 34.3 Å². The van der Waals surface area contributed by atoms with Gasteiger partial charge in [0.25, 0.3) is 5.91 Å². The summed E-state index contributed by atoms with van der Waals surface area (Å²) in [6, 6.07) is 16.3. The third kappa shape index (κ3) is 3.64. The molecule has 0 bridgehead atoms. The molecule has 3 aromatic carbocycles. The zero-order valence-corrected chi connectivity index (χ0v) is 16.5. The molecule has 2 aromatic heterocycles. The van der Waals surface area contributed by atoms with Gasteiger partial charge in [-0.05, 0) is 48.5 Å². The highest BCUT2D eigenvalue weighted by Gasteiger charge is 2.15. The molecule has 1 amide bonds. The summed E-state index contributed by atoms with van der Waals surface area (Å²) >= 11 is 6.24. The van der Waals surface area contributed by atoms with Crippen LogP contribution in [0.4, 0.5) is 10.1 Å². The standard InChI is InChI=1S/C22H13ClFN5O2/c23-17-7-6-14(29-11-25-26-12-29)10-16(17)21(30)27-13-5-8-20-19(9-13)28-22(31-20)15-3-1-2-4-18(15)24/h1-12H,(H,27,30). The van der Waals surface area contributed by atoms with E-state index in [1.807, 2.05) is 0 Å². The van der Waals surface area contributed by atoms with Crippen LogP contribution in [0.1, 0.15) is 10.4 Å². The number of nitrogens with zero attached hydrogens (tertiary/aromatic N) is 4. The Bertz CT molecular complexity index is 1410. The van der Waals surface area contributed by atoms with Crippen LogP contribution in [0.25, 0.3) is 28.2 Å². The number of oxazole rings is 1. The molecule has 7 nitrogen and oxygen atoms in total. The molecule has 0 aliphatic rings. The van der Waals surface area contributed by atoms with E-state index >= 15 is 0 Å². The summed E-state index contributed by atoms with van der Waals surface area (Å²) < 4.78 is 21.4. The number of nitrogens with one attached hydrogen (secondary N) is 1. The maximum Gasteiger partial charge on any atom is 0.257 e. The number of anilines is 1. The minimum atomic E-state index is -0.426. The van der Waals surface area contributed by atoms with Crippen LogP contribution in [0, 0.1) is 5.82 Å². The molecule has 2 heterocycles. The lowest BCUT2D eigenvalue weighted by Gasteiger charge is -2.09. The fourth-order valence-corrected chi connectivity index (χ4v) is 3.34. The quantitative estimate of drug-likeness (QED) is 0.425. The van der Waals surface area contributed by atoms with Gasteiger partial charge in [-0.2, -0.15) is 0 Å². The summed E-state index contributed by atoms with van der Waals surface area (Å²) in [6.07, 6.45) is 3.05. The maximum absolute atomic E-state index is 14.0. The molecule has 9 heteroatoms. The highest BCUT2D eigenvalue weighted by Crippen LogP contribution is 2.28. The monoisotopic (exact) mass is 433 g/mol. The van der Waals surface area contributed by atoms with Crippen LogP contribution in [0.2, 0.25) is 5.02 Å². The van der Waals surface area contributed by atoms with Gasteiger partial charge >= 0.3 is 0 Å². The second-order valence-electron chi connectivity index (χ2n) is 6.67. The summed E-state index contributed by atoms with van der Waals surface area (Å²) in [5, 5.41) is 10.6. The van der Waals surface area contributed by atoms with Crippen molar-refractivity contribution in [2.75, 3.05) is 5.32 Å². The highest BCUT2D eigenvalue weighted by atomic mass is 35.5. The minimum absolute atomic E-state index is 0.168. The molecule has 0 fully saturated rings. The second kappa shape index (κ2) is 7.66. The molecule has 152 valence electrons. The predicted molar refractivity (Wildman–Crippen MR) is 114 cm³/mol. The number of rotatable bonds is 4. The number of aromatic nitrogens is 4. The lowest BCUT2D eigenvalue weighted by molar-refractivity contribution is 0.102. The van der Waals surface area contributed by atoms with Gasteiger partial charge in [0.1, 0.15) is 24.0 Å². The SMILES string of the molecule is O=C(Nc1ccc2oc(-c3ccccc3F)nc2c1)c1cc(-n2cnnc2)ccc1Cl. The molecule has 31 heavy (non-hydrogen) atoms. The number of halogens is 2. The van der Waals surface area contributed by atoms with Crippen LogP contribution >= 0.6 is 11.6 Å². The second-order valence-corrected chi connectivity index (χ2v) is 7.08. The summed E-state index contributed by atoms with van der Waals surface area (Å²) in [5.74, 6) is -0.649. The molecule has 0 spiro atoms. The van der Waals surface area contributed by atoms with E-state index in [2.05, 4.69) is 20.5 Å². The lowest BCUT2D eigenvalue weighted by atomic mass is 10.1. The minimum Gasteiger partial charge on any atom is -0.436 e. The summed E-state index contributed by atoms with van der Waals surface area (Å²) in [4.78, 5) is 17.2. The molecule has 0 saturated heterocycles. The van der Waals surface area contributed by atoms with E-state index in [4.69, 9.17) is 16.0 Å². The number of carbonyl (C=O) groups excluding carboxylic acids is 1. The van der Waals surface area contributed by atoms with E-state index in [-0.39, 0.29) is 11.5 Å². The fraction of sp³-hybridized carbons (Fsp3) is 0. The Labute approximate surface area is 180 Å². The van der Waals surface area contributed by atoms with E-state index in [0.717, 1.165) is 0 Å².